The summed E-state index contributed by atoms with van der Waals surface area (Å²) in [6.07, 6.45) is 4.23. The van der Waals surface area contributed by atoms with Crippen LogP contribution in [0, 0.1) is 23.7 Å². The van der Waals surface area contributed by atoms with Gasteiger partial charge in [0.05, 0.1) is 4.88 Å². The van der Waals surface area contributed by atoms with Crippen LogP contribution in [-0.4, -0.2) is 11.9 Å². The van der Waals surface area contributed by atoms with Crippen LogP contribution in [-0.2, 0) is 0 Å². The Kier molecular flexibility index (Phi) is 2.16. The van der Waals surface area contributed by atoms with Crippen LogP contribution in [0.3, 0.4) is 0 Å². The molecule has 0 spiro atoms. The van der Waals surface area contributed by atoms with Gasteiger partial charge in [0.2, 0.25) is 0 Å². The van der Waals surface area contributed by atoms with Crippen LogP contribution in [0.4, 0.5) is 0 Å². The lowest BCUT2D eigenvalue weighted by molar-refractivity contribution is 0.0948. The largest absolute Gasteiger partial charge is 0.348 e. The maximum absolute atomic E-state index is 12.0. The van der Waals surface area contributed by atoms with Crippen LogP contribution in [0.2, 0.25) is 0 Å². The zero-order valence-corrected chi connectivity index (χ0v) is 11.1. The molecule has 17 heavy (non-hydrogen) atoms. The van der Waals surface area contributed by atoms with Crippen molar-refractivity contribution in [2.75, 3.05) is 0 Å². The summed E-state index contributed by atoms with van der Waals surface area (Å²) in [6.45, 7) is 0. The normalized spacial score (nSPS) is 41.4. The summed E-state index contributed by atoms with van der Waals surface area (Å²) in [5, 5.41) is 5.14. The lowest BCUT2D eigenvalue weighted by Gasteiger charge is -2.09. The zero-order valence-electron chi connectivity index (χ0n) is 9.43. The third kappa shape index (κ3) is 1.50. The lowest BCUT2D eigenvalue weighted by Crippen LogP contribution is -2.29. The van der Waals surface area contributed by atoms with Gasteiger partial charge < -0.3 is 5.32 Å². The molecule has 1 N–H and O–H groups in total. The number of carbonyl (C=O) groups excluding carboxylic acids is 1. The summed E-state index contributed by atoms with van der Waals surface area (Å²) in [6, 6.07) is 2.34. The molecule has 0 radical (unpaired) electrons. The van der Waals surface area contributed by atoms with Crippen molar-refractivity contribution < 1.29 is 4.79 Å². The second-order valence-electron chi connectivity index (χ2n) is 5.66. The Morgan fingerprint density at radius 3 is 2.65 bits per heavy atom. The molecule has 4 atom stereocenters. The molecular formula is C13H15NOS2. The number of carbonyl (C=O) groups is 1. The van der Waals surface area contributed by atoms with Gasteiger partial charge in [-0.15, -0.1) is 24.0 Å². The van der Waals surface area contributed by atoms with Crippen LogP contribution < -0.4 is 5.32 Å². The number of hydrogen-bond acceptors (Lipinski definition) is 3. The zero-order chi connectivity index (χ0) is 11.6. The molecule has 1 amide bonds. The van der Waals surface area contributed by atoms with E-state index in [1.807, 2.05) is 11.4 Å². The van der Waals surface area contributed by atoms with Gasteiger partial charge in [-0.05, 0) is 49.0 Å². The first kappa shape index (κ1) is 10.4. The van der Waals surface area contributed by atoms with E-state index in [1.54, 1.807) is 0 Å². The van der Waals surface area contributed by atoms with E-state index in [0.29, 0.717) is 6.04 Å². The average molecular weight is 265 g/mol. The predicted octanol–water partition coefficient (Wildman–Crippen LogP) is 2.81. The molecule has 3 fully saturated rings. The molecule has 3 aliphatic carbocycles. The van der Waals surface area contributed by atoms with Crippen molar-refractivity contribution in [2.45, 2.75) is 30.2 Å². The fourth-order valence-corrected chi connectivity index (χ4v) is 5.24. The Balaban J connectivity index is 1.45. The molecule has 1 heterocycles. The van der Waals surface area contributed by atoms with Gasteiger partial charge >= 0.3 is 0 Å². The van der Waals surface area contributed by atoms with Crippen molar-refractivity contribution in [3.63, 3.8) is 0 Å². The molecule has 0 aromatic carbocycles. The first-order valence-electron chi connectivity index (χ1n) is 6.32. The first-order valence-corrected chi connectivity index (χ1v) is 7.65. The highest BCUT2D eigenvalue weighted by Crippen LogP contribution is 2.65. The summed E-state index contributed by atoms with van der Waals surface area (Å²) in [4.78, 5) is 13.7. The van der Waals surface area contributed by atoms with E-state index in [1.165, 1.54) is 30.6 Å². The Labute approximate surface area is 110 Å². The maximum atomic E-state index is 12.0. The second-order valence-corrected chi connectivity index (χ2v) is 7.08. The van der Waals surface area contributed by atoms with E-state index in [0.717, 1.165) is 33.4 Å². The standard InChI is InChI=1S/C13H15NOS2/c15-13(9-4-8(16)5-17-9)14-12-10-6-1-2-7(3-6)11(10)12/h4-7,10-12,16H,1-3H2,(H,14,15). The molecule has 90 valence electrons. The average Bonchev–Trinajstić information content (AvgIpc) is 2.77. The number of thiol groups is 1. The smallest absolute Gasteiger partial charge is 0.261 e. The Bertz CT molecular complexity index is 468. The minimum absolute atomic E-state index is 0.106. The molecule has 3 aliphatic rings. The summed E-state index contributed by atoms with van der Waals surface area (Å²) >= 11 is 5.72. The van der Waals surface area contributed by atoms with Crippen LogP contribution in [0.5, 0.6) is 0 Å². The van der Waals surface area contributed by atoms with Gasteiger partial charge in [-0.1, -0.05) is 0 Å². The van der Waals surface area contributed by atoms with Crippen molar-refractivity contribution in [1.82, 2.24) is 5.32 Å². The molecule has 3 saturated carbocycles. The van der Waals surface area contributed by atoms with Gasteiger partial charge in [-0.3, -0.25) is 4.79 Å². The Morgan fingerprint density at radius 2 is 2.06 bits per heavy atom. The summed E-state index contributed by atoms with van der Waals surface area (Å²) in [5.41, 5.74) is 0. The highest BCUT2D eigenvalue weighted by Gasteiger charge is 2.65. The summed E-state index contributed by atoms with van der Waals surface area (Å²) in [7, 11) is 0. The number of nitrogens with one attached hydrogen (secondary N) is 1. The van der Waals surface area contributed by atoms with Gasteiger partial charge in [0.15, 0.2) is 0 Å². The minimum Gasteiger partial charge on any atom is -0.348 e. The van der Waals surface area contributed by atoms with Gasteiger partial charge in [-0.2, -0.15) is 0 Å². The summed E-state index contributed by atoms with van der Waals surface area (Å²) in [5.74, 6) is 3.56. The molecular weight excluding hydrogens is 250 g/mol. The van der Waals surface area contributed by atoms with Gasteiger partial charge in [0.1, 0.15) is 0 Å². The third-order valence-corrected chi connectivity index (χ3v) is 6.20. The van der Waals surface area contributed by atoms with Crippen LogP contribution in [0.1, 0.15) is 28.9 Å². The topological polar surface area (TPSA) is 29.1 Å². The monoisotopic (exact) mass is 265 g/mol. The van der Waals surface area contributed by atoms with Gasteiger partial charge in [-0.25, -0.2) is 0 Å². The van der Waals surface area contributed by atoms with E-state index in [2.05, 4.69) is 17.9 Å². The van der Waals surface area contributed by atoms with Crippen LogP contribution in [0.15, 0.2) is 16.3 Å². The quantitative estimate of drug-likeness (QED) is 0.791. The molecule has 1 aromatic rings. The second kappa shape index (κ2) is 3.51. The Hall–Kier alpha value is -0.480. The van der Waals surface area contributed by atoms with Crippen molar-refractivity contribution in [3.8, 4) is 0 Å². The SMILES string of the molecule is O=C(NC1C2C3CCC(C3)C12)c1cc(S)cs1. The first-order chi connectivity index (χ1) is 8.24. The van der Waals surface area contributed by atoms with Crippen molar-refractivity contribution in [2.24, 2.45) is 23.7 Å². The predicted molar refractivity (Wildman–Crippen MR) is 70.6 cm³/mol. The highest BCUT2D eigenvalue weighted by molar-refractivity contribution is 7.80. The molecule has 0 aliphatic heterocycles. The lowest BCUT2D eigenvalue weighted by atomic mass is 10.0. The summed E-state index contributed by atoms with van der Waals surface area (Å²) < 4.78 is 0. The van der Waals surface area contributed by atoms with E-state index in [-0.39, 0.29) is 5.91 Å². The van der Waals surface area contributed by atoms with Crippen molar-refractivity contribution in [3.05, 3.63) is 16.3 Å². The molecule has 2 nitrogen and oxygen atoms in total. The maximum Gasteiger partial charge on any atom is 0.261 e. The molecule has 4 heteroatoms. The number of hydrogen-bond donors (Lipinski definition) is 2. The molecule has 0 saturated heterocycles. The van der Waals surface area contributed by atoms with Crippen LogP contribution in [0.25, 0.3) is 0 Å². The van der Waals surface area contributed by atoms with Gasteiger partial charge in [0.25, 0.3) is 5.91 Å². The fourth-order valence-electron chi connectivity index (χ4n) is 4.19. The molecule has 4 unspecified atom stereocenters. The molecule has 1 aromatic heterocycles. The van der Waals surface area contributed by atoms with Crippen molar-refractivity contribution >= 4 is 29.9 Å². The fraction of sp³-hybridized carbons (Fsp3) is 0.615. The van der Waals surface area contributed by atoms with E-state index < -0.39 is 0 Å². The number of fused-ring (bicyclic) bond motifs is 5. The van der Waals surface area contributed by atoms with E-state index in [9.17, 15) is 4.79 Å². The van der Waals surface area contributed by atoms with Crippen LogP contribution >= 0.6 is 24.0 Å². The van der Waals surface area contributed by atoms with Gasteiger partial charge in [0, 0.05) is 16.3 Å². The Morgan fingerprint density at radius 1 is 1.35 bits per heavy atom. The minimum atomic E-state index is 0.106. The number of thiophene rings is 1. The molecule has 2 bridgehead atoms. The third-order valence-electron chi connectivity index (χ3n) is 4.84. The molecule has 4 rings (SSSR count). The van der Waals surface area contributed by atoms with Crippen molar-refractivity contribution in [1.29, 1.82) is 0 Å². The van der Waals surface area contributed by atoms with E-state index >= 15 is 0 Å². The number of amides is 1. The number of rotatable bonds is 2. The van der Waals surface area contributed by atoms with E-state index in [4.69, 9.17) is 0 Å². The highest BCUT2D eigenvalue weighted by atomic mass is 32.1.